The van der Waals surface area contributed by atoms with Gasteiger partial charge in [-0.2, -0.15) is 0 Å². The van der Waals surface area contributed by atoms with Crippen LogP contribution in [0.5, 0.6) is 0 Å². The predicted molar refractivity (Wildman–Crippen MR) is 125 cm³/mol. The van der Waals surface area contributed by atoms with Crippen molar-refractivity contribution >= 4 is 17.3 Å². The number of hydrogen-bond acceptors (Lipinski definition) is 5. The van der Waals surface area contributed by atoms with Gasteiger partial charge in [-0.05, 0) is 62.9 Å². The van der Waals surface area contributed by atoms with Crippen molar-refractivity contribution in [2.75, 3.05) is 59.6 Å². The van der Waals surface area contributed by atoms with Crippen LogP contribution in [0.15, 0.2) is 22.5 Å². The highest BCUT2D eigenvalue weighted by Gasteiger charge is 2.23. The number of rotatable bonds is 10. The third kappa shape index (κ3) is 7.84. The summed E-state index contributed by atoms with van der Waals surface area (Å²) >= 11 is 1.87. The second-order valence-corrected chi connectivity index (χ2v) is 9.45. The molecular formula is C23H40N4O2S. The summed E-state index contributed by atoms with van der Waals surface area (Å²) in [7, 11) is 1.74. The zero-order chi connectivity index (χ0) is 21.0. The maximum Gasteiger partial charge on any atom is 0.193 e. The second-order valence-electron chi connectivity index (χ2n) is 8.42. The number of piperidine rings is 2. The SMILES string of the molecule is CCNC(=NCC1CCCN(Cc2cccs2)C1)N1CCC(OCCCOC)CC1. The highest BCUT2D eigenvalue weighted by atomic mass is 32.1. The Kier molecular flexibility index (Phi) is 10.4. The molecule has 1 aromatic rings. The van der Waals surface area contributed by atoms with Gasteiger partial charge in [0.2, 0.25) is 0 Å². The molecule has 6 nitrogen and oxygen atoms in total. The monoisotopic (exact) mass is 436 g/mol. The Morgan fingerprint density at radius 1 is 1.23 bits per heavy atom. The number of ether oxygens (including phenoxy) is 2. The number of thiophene rings is 1. The Bertz CT molecular complexity index is 602. The Morgan fingerprint density at radius 3 is 2.83 bits per heavy atom. The minimum atomic E-state index is 0.380. The van der Waals surface area contributed by atoms with E-state index >= 15 is 0 Å². The van der Waals surface area contributed by atoms with E-state index in [-0.39, 0.29) is 0 Å². The average Bonchev–Trinajstić information content (AvgIpc) is 3.28. The van der Waals surface area contributed by atoms with E-state index in [1.165, 1.54) is 24.3 Å². The van der Waals surface area contributed by atoms with Gasteiger partial charge in [-0.25, -0.2) is 0 Å². The first-order valence-corrected chi connectivity index (χ1v) is 12.5. The van der Waals surface area contributed by atoms with Crippen molar-refractivity contribution in [1.29, 1.82) is 0 Å². The van der Waals surface area contributed by atoms with Crippen molar-refractivity contribution in [3.8, 4) is 0 Å². The number of methoxy groups -OCH3 is 1. The number of guanidine groups is 1. The molecule has 1 unspecified atom stereocenters. The Labute approximate surface area is 186 Å². The smallest absolute Gasteiger partial charge is 0.193 e. The van der Waals surface area contributed by atoms with Crippen molar-refractivity contribution in [2.24, 2.45) is 10.9 Å². The number of nitrogens with one attached hydrogen (secondary N) is 1. The largest absolute Gasteiger partial charge is 0.385 e. The van der Waals surface area contributed by atoms with E-state index < -0.39 is 0 Å². The summed E-state index contributed by atoms with van der Waals surface area (Å²) in [4.78, 5) is 11.6. The van der Waals surface area contributed by atoms with Crippen LogP contribution in [0.25, 0.3) is 0 Å². The Hall–Kier alpha value is -1.15. The van der Waals surface area contributed by atoms with Crippen LogP contribution in [0.4, 0.5) is 0 Å². The molecule has 3 rings (SSSR count). The minimum absolute atomic E-state index is 0.380. The number of hydrogen-bond donors (Lipinski definition) is 1. The lowest BCUT2D eigenvalue weighted by Crippen LogP contribution is -2.47. The zero-order valence-corrected chi connectivity index (χ0v) is 19.7. The van der Waals surface area contributed by atoms with Gasteiger partial charge < -0.3 is 19.7 Å². The van der Waals surface area contributed by atoms with E-state index in [0.29, 0.717) is 12.0 Å². The fourth-order valence-corrected chi connectivity index (χ4v) is 5.14. The highest BCUT2D eigenvalue weighted by molar-refractivity contribution is 7.09. The van der Waals surface area contributed by atoms with Crippen LogP contribution in [0, 0.1) is 5.92 Å². The van der Waals surface area contributed by atoms with Crippen LogP contribution in [-0.2, 0) is 16.0 Å². The van der Waals surface area contributed by atoms with Crippen LogP contribution < -0.4 is 5.32 Å². The summed E-state index contributed by atoms with van der Waals surface area (Å²) in [5, 5.41) is 5.70. The maximum absolute atomic E-state index is 6.01. The van der Waals surface area contributed by atoms with Crippen molar-refractivity contribution in [3.05, 3.63) is 22.4 Å². The summed E-state index contributed by atoms with van der Waals surface area (Å²) in [6.07, 6.45) is 6.09. The van der Waals surface area contributed by atoms with Gasteiger partial charge in [0.25, 0.3) is 0 Å². The van der Waals surface area contributed by atoms with Gasteiger partial charge in [-0.15, -0.1) is 11.3 Å². The molecule has 2 fully saturated rings. The fourth-order valence-electron chi connectivity index (χ4n) is 4.40. The van der Waals surface area contributed by atoms with E-state index in [2.05, 4.69) is 39.6 Å². The van der Waals surface area contributed by atoms with Gasteiger partial charge >= 0.3 is 0 Å². The van der Waals surface area contributed by atoms with E-state index in [9.17, 15) is 0 Å². The first kappa shape index (κ1) is 23.5. The quantitative estimate of drug-likeness (QED) is 0.346. The molecule has 0 aliphatic carbocycles. The third-order valence-corrected chi connectivity index (χ3v) is 6.85. The first-order chi connectivity index (χ1) is 14.8. The zero-order valence-electron chi connectivity index (χ0n) is 18.9. The molecule has 0 amide bonds. The molecule has 2 aliphatic rings. The van der Waals surface area contributed by atoms with Crippen LogP contribution >= 0.6 is 11.3 Å². The average molecular weight is 437 g/mol. The fraction of sp³-hybridized carbons (Fsp3) is 0.783. The molecule has 1 aromatic heterocycles. The lowest BCUT2D eigenvalue weighted by Gasteiger charge is -2.35. The minimum Gasteiger partial charge on any atom is -0.385 e. The van der Waals surface area contributed by atoms with Crippen molar-refractivity contribution in [3.63, 3.8) is 0 Å². The van der Waals surface area contributed by atoms with Gasteiger partial charge in [0, 0.05) is 64.5 Å². The number of aliphatic imine (C=N–C) groups is 1. The molecule has 30 heavy (non-hydrogen) atoms. The molecule has 0 aromatic carbocycles. The molecular weight excluding hydrogens is 396 g/mol. The van der Waals surface area contributed by atoms with Crippen LogP contribution in [-0.4, -0.2) is 81.5 Å². The molecule has 0 radical (unpaired) electrons. The van der Waals surface area contributed by atoms with Crippen molar-refractivity contribution in [2.45, 2.75) is 51.7 Å². The predicted octanol–water partition coefficient (Wildman–Crippen LogP) is 3.44. The maximum atomic E-state index is 6.01. The topological polar surface area (TPSA) is 49.3 Å². The van der Waals surface area contributed by atoms with Crippen LogP contribution in [0.1, 0.15) is 43.9 Å². The van der Waals surface area contributed by atoms with Gasteiger partial charge in [-0.3, -0.25) is 9.89 Å². The molecule has 2 saturated heterocycles. The van der Waals surface area contributed by atoms with Crippen molar-refractivity contribution < 1.29 is 9.47 Å². The van der Waals surface area contributed by atoms with E-state index in [4.69, 9.17) is 14.5 Å². The lowest BCUT2D eigenvalue weighted by atomic mass is 9.98. The molecule has 2 aliphatic heterocycles. The molecule has 0 bridgehead atoms. The van der Waals surface area contributed by atoms with Crippen molar-refractivity contribution in [1.82, 2.24) is 15.1 Å². The summed E-state index contributed by atoms with van der Waals surface area (Å²) in [6.45, 7) is 11.1. The van der Waals surface area contributed by atoms with Gasteiger partial charge in [0.05, 0.1) is 6.10 Å². The number of likely N-dealkylation sites (tertiary alicyclic amines) is 2. The highest BCUT2D eigenvalue weighted by Crippen LogP contribution is 2.21. The standard InChI is InChI=1S/C23H40N4O2S/c1-3-24-23(27-12-9-21(10-13-27)29-15-6-14-28-2)25-17-20-7-4-11-26(18-20)19-22-8-5-16-30-22/h5,8,16,20-21H,3-4,6-7,9-15,17-19H2,1-2H3,(H,24,25). The molecule has 0 saturated carbocycles. The second kappa shape index (κ2) is 13.3. The Balaban J connectivity index is 1.44. The first-order valence-electron chi connectivity index (χ1n) is 11.7. The van der Waals surface area contributed by atoms with E-state index in [0.717, 1.165) is 77.7 Å². The molecule has 3 heterocycles. The molecule has 1 atom stereocenters. The van der Waals surface area contributed by atoms with Gasteiger partial charge in [0.15, 0.2) is 5.96 Å². The number of nitrogens with zero attached hydrogens (tertiary/aromatic N) is 3. The third-order valence-electron chi connectivity index (χ3n) is 5.98. The molecule has 7 heteroatoms. The van der Waals surface area contributed by atoms with Gasteiger partial charge in [0.1, 0.15) is 0 Å². The van der Waals surface area contributed by atoms with E-state index in [1.807, 2.05) is 11.3 Å². The summed E-state index contributed by atoms with van der Waals surface area (Å²) in [5.41, 5.74) is 0. The normalized spacial score (nSPS) is 21.9. The van der Waals surface area contributed by atoms with Crippen LogP contribution in [0.3, 0.4) is 0 Å². The lowest BCUT2D eigenvalue weighted by molar-refractivity contribution is 0.00988. The molecule has 170 valence electrons. The summed E-state index contributed by atoms with van der Waals surface area (Å²) < 4.78 is 11.1. The molecule has 0 spiro atoms. The van der Waals surface area contributed by atoms with E-state index in [1.54, 1.807) is 7.11 Å². The molecule has 1 N–H and O–H groups in total. The van der Waals surface area contributed by atoms with Gasteiger partial charge in [-0.1, -0.05) is 6.07 Å². The summed E-state index contributed by atoms with van der Waals surface area (Å²) in [6, 6.07) is 4.41. The van der Waals surface area contributed by atoms with Crippen LogP contribution in [0.2, 0.25) is 0 Å². The Morgan fingerprint density at radius 2 is 2.10 bits per heavy atom. The summed E-state index contributed by atoms with van der Waals surface area (Å²) in [5.74, 6) is 1.75.